The van der Waals surface area contributed by atoms with Crippen LogP contribution in [0, 0.1) is 11.8 Å². The number of rotatable bonds is 4. The van der Waals surface area contributed by atoms with E-state index in [0.717, 1.165) is 18.4 Å². The van der Waals surface area contributed by atoms with E-state index in [1.54, 1.807) is 0 Å². The second-order valence-electron chi connectivity index (χ2n) is 6.04. The minimum absolute atomic E-state index is 0.698. The largest absolute Gasteiger partial charge is 0.308 e. The van der Waals surface area contributed by atoms with Crippen LogP contribution < -0.4 is 5.32 Å². The lowest BCUT2D eigenvalue weighted by molar-refractivity contribution is 0.337. The zero-order chi connectivity index (χ0) is 13.0. The highest BCUT2D eigenvalue weighted by atomic mass is 15.3. The van der Waals surface area contributed by atoms with Crippen molar-refractivity contribution in [3.8, 4) is 0 Å². The van der Waals surface area contributed by atoms with Crippen LogP contribution in [0.3, 0.4) is 0 Å². The molecule has 0 aliphatic heterocycles. The fourth-order valence-corrected chi connectivity index (χ4v) is 3.02. The van der Waals surface area contributed by atoms with Crippen LogP contribution in [0.2, 0.25) is 0 Å². The van der Waals surface area contributed by atoms with Crippen molar-refractivity contribution in [1.29, 1.82) is 0 Å². The van der Waals surface area contributed by atoms with Gasteiger partial charge < -0.3 is 5.32 Å². The molecule has 1 aliphatic rings. The molecule has 0 amide bonds. The van der Waals surface area contributed by atoms with E-state index in [2.05, 4.69) is 30.3 Å². The molecule has 2 unspecified atom stereocenters. The van der Waals surface area contributed by atoms with Crippen LogP contribution in [-0.4, -0.2) is 15.8 Å². The van der Waals surface area contributed by atoms with Crippen LogP contribution in [-0.2, 0) is 13.6 Å². The predicted octanol–water partition coefficient (Wildman–Crippen LogP) is 3.11. The SMILES string of the molecule is CC(C)C1CCCC(NCc2ccnn2C)CC1. The molecular weight excluding hydrogens is 222 g/mol. The molecule has 18 heavy (non-hydrogen) atoms. The van der Waals surface area contributed by atoms with Crippen LogP contribution in [0.4, 0.5) is 0 Å². The van der Waals surface area contributed by atoms with Gasteiger partial charge in [0, 0.05) is 25.8 Å². The number of nitrogens with one attached hydrogen (secondary N) is 1. The first-order valence-corrected chi connectivity index (χ1v) is 7.37. The maximum absolute atomic E-state index is 4.21. The van der Waals surface area contributed by atoms with Crippen LogP contribution in [0.1, 0.15) is 51.6 Å². The Bertz CT molecular complexity index is 356. The summed E-state index contributed by atoms with van der Waals surface area (Å²) in [4.78, 5) is 0. The summed E-state index contributed by atoms with van der Waals surface area (Å²) in [5.41, 5.74) is 1.28. The van der Waals surface area contributed by atoms with Crippen molar-refractivity contribution in [2.75, 3.05) is 0 Å². The maximum Gasteiger partial charge on any atom is 0.0518 e. The molecule has 0 aromatic carbocycles. The van der Waals surface area contributed by atoms with Gasteiger partial charge in [-0.15, -0.1) is 0 Å². The van der Waals surface area contributed by atoms with Crippen molar-refractivity contribution in [3.05, 3.63) is 18.0 Å². The molecule has 1 aromatic heterocycles. The zero-order valence-electron chi connectivity index (χ0n) is 12.0. The molecule has 3 nitrogen and oxygen atoms in total. The Balaban J connectivity index is 1.79. The first kappa shape index (κ1) is 13.6. The lowest BCUT2D eigenvalue weighted by atomic mass is 9.89. The molecule has 0 radical (unpaired) electrons. The smallest absolute Gasteiger partial charge is 0.0518 e. The average Bonchev–Trinajstić information content (AvgIpc) is 2.62. The van der Waals surface area contributed by atoms with Crippen LogP contribution in [0.25, 0.3) is 0 Å². The van der Waals surface area contributed by atoms with Crippen LogP contribution >= 0.6 is 0 Å². The second-order valence-corrected chi connectivity index (χ2v) is 6.04. The molecule has 3 heteroatoms. The summed E-state index contributed by atoms with van der Waals surface area (Å²) >= 11 is 0. The Labute approximate surface area is 111 Å². The molecule has 2 atom stereocenters. The lowest BCUT2D eigenvalue weighted by Gasteiger charge is -2.19. The van der Waals surface area contributed by atoms with Gasteiger partial charge in [-0.2, -0.15) is 5.10 Å². The molecule has 0 saturated heterocycles. The minimum atomic E-state index is 0.698. The van der Waals surface area contributed by atoms with E-state index in [1.165, 1.54) is 37.8 Å². The van der Waals surface area contributed by atoms with Crippen LogP contribution in [0.15, 0.2) is 12.3 Å². The highest BCUT2D eigenvalue weighted by molar-refractivity contribution is 4.99. The third kappa shape index (κ3) is 3.58. The van der Waals surface area contributed by atoms with E-state index in [4.69, 9.17) is 0 Å². The van der Waals surface area contributed by atoms with Crippen LogP contribution in [0.5, 0.6) is 0 Å². The van der Waals surface area contributed by atoms with Crippen molar-refractivity contribution in [2.24, 2.45) is 18.9 Å². The molecule has 1 heterocycles. The summed E-state index contributed by atoms with van der Waals surface area (Å²) in [5.74, 6) is 1.79. The molecule has 1 N–H and O–H groups in total. The normalized spacial score (nSPS) is 25.3. The fourth-order valence-electron chi connectivity index (χ4n) is 3.02. The Kier molecular flexibility index (Phi) is 4.81. The van der Waals surface area contributed by atoms with Gasteiger partial charge in [-0.1, -0.05) is 26.7 Å². The van der Waals surface area contributed by atoms with Crippen molar-refractivity contribution >= 4 is 0 Å². The van der Waals surface area contributed by atoms with E-state index in [1.807, 2.05) is 17.9 Å². The van der Waals surface area contributed by atoms with Gasteiger partial charge in [0.2, 0.25) is 0 Å². The number of hydrogen-bond acceptors (Lipinski definition) is 2. The van der Waals surface area contributed by atoms with Crippen molar-refractivity contribution in [2.45, 2.75) is 58.5 Å². The highest BCUT2D eigenvalue weighted by Gasteiger charge is 2.20. The fraction of sp³-hybridized carbons (Fsp3) is 0.800. The standard InChI is InChI=1S/C15H27N3/c1-12(2)13-5-4-6-14(8-7-13)16-11-15-9-10-17-18(15)3/h9-10,12-14,16H,4-8,11H2,1-3H3. The number of nitrogens with zero attached hydrogens (tertiary/aromatic N) is 2. The predicted molar refractivity (Wildman–Crippen MR) is 75.2 cm³/mol. The Morgan fingerprint density at radius 1 is 1.33 bits per heavy atom. The van der Waals surface area contributed by atoms with E-state index in [9.17, 15) is 0 Å². The van der Waals surface area contributed by atoms with Crippen molar-refractivity contribution < 1.29 is 0 Å². The van der Waals surface area contributed by atoms with Gasteiger partial charge in [0.1, 0.15) is 0 Å². The first-order chi connectivity index (χ1) is 8.66. The molecule has 1 saturated carbocycles. The van der Waals surface area contributed by atoms with E-state index in [-0.39, 0.29) is 0 Å². The Morgan fingerprint density at radius 3 is 2.83 bits per heavy atom. The number of aryl methyl sites for hydroxylation is 1. The van der Waals surface area contributed by atoms with Gasteiger partial charge >= 0.3 is 0 Å². The molecule has 0 spiro atoms. The Hall–Kier alpha value is -0.830. The summed E-state index contributed by atoms with van der Waals surface area (Å²) in [5, 5.41) is 7.91. The van der Waals surface area contributed by atoms with E-state index in [0.29, 0.717) is 6.04 Å². The molecule has 102 valence electrons. The third-order valence-electron chi connectivity index (χ3n) is 4.45. The quantitative estimate of drug-likeness (QED) is 0.831. The number of hydrogen-bond donors (Lipinski definition) is 1. The summed E-state index contributed by atoms with van der Waals surface area (Å²) in [6.45, 7) is 5.69. The van der Waals surface area contributed by atoms with Gasteiger partial charge in [0.25, 0.3) is 0 Å². The third-order valence-corrected chi connectivity index (χ3v) is 4.45. The summed E-state index contributed by atoms with van der Waals surface area (Å²) in [7, 11) is 2.01. The first-order valence-electron chi connectivity index (χ1n) is 7.37. The topological polar surface area (TPSA) is 29.9 Å². The minimum Gasteiger partial charge on any atom is -0.308 e. The van der Waals surface area contributed by atoms with Gasteiger partial charge in [-0.25, -0.2) is 0 Å². The maximum atomic E-state index is 4.21. The molecule has 1 aromatic rings. The second kappa shape index (κ2) is 6.37. The molecule has 2 rings (SSSR count). The zero-order valence-corrected chi connectivity index (χ0v) is 12.0. The van der Waals surface area contributed by atoms with E-state index < -0.39 is 0 Å². The van der Waals surface area contributed by atoms with Crippen molar-refractivity contribution in [1.82, 2.24) is 15.1 Å². The van der Waals surface area contributed by atoms with Gasteiger partial charge in [0.05, 0.1) is 5.69 Å². The monoisotopic (exact) mass is 249 g/mol. The summed E-state index contributed by atoms with van der Waals surface area (Å²) in [6.07, 6.45) is 8.73. The van der Waals surface area contributed by atoms with Gasteiger partial charge in [-0.05, 0) is 37.2 Å². The number of aromatic nitrogens is 2. The molecule has 1 fully saturated rings. The Morgan fingerprint density at radius 2 is 2.17 bits per heavy atom. The highest BCUT2D eigenvalue weighted by Crippen LogP contribution is 2.28. The van der Waals surface area contributed by atoms with Crippen molar-refractivity contribution in [3.63, 3.8) is 0 Å². The van der Waals surface area contributed by atoms with E-state index >= 15 is 0 Å². The summed E-state index contributed by atoms with van der Waals surface area (Å²) < 4.78 is 1.96. The van der Waals surface area contributed by atoms with Gasteiger partial charge in [0.15, 0.2) is 0 Å². The molecular formula is C15H27N3. The molecule has 0 bridgehead atoms. The average molecular weight is 249 g/mol. The summed E-state index contributed by atoms with van der Waals surface area (Å²) in [6, 6.07) is 2.80. The molecule has 1 aliphatic carbocycles. The lowest BCUT2D eigenvalue weighted by Crippen LogP contribution is -2.28. The van der Waals surface area contributed by atoms with Gasteiger partial charge in [-0.3, -0.25) is 4.68 Å².